The lowest BCUT2D eigenvalue weighted by atomic mass is 10.1. The molecule has 0 bridgehead atoms. The van der Waals surface area contributed by atoms with Crippen LogP contribution in [-0.2, 0) is 6.54 Å². The van der Waals surface area contributed by atoms with Crippen LogP contribution in [0.15, 0.2) is 58.1 Å². The van der Waals surface area contributed by atoms with Crippen molar-refractivity contribution in [2.24, 2.45) is 0 Å². The van der Waals surface area contributed by atoms with Crippen LogP contribution >= 0.6 is 0 Å². The number of nitrogens with zero attached hydrogens (tertiary/aromatic N) is 5. The standard InChI is InChI=1S/C23H24N6O2/c1-16-17-6-2-3-7-18(17)21(26-25-16)28-13-10-27(11-14-28)12-15-29-22(30)19-8-4-5-9-20(19)24-23(29)31/h2-9H,10-15H2,1H3,(H,24,31). The molecule has 0 radical (unpaired) electrons. The maximum Gasteiger partial charge on any atom is 0.328 e. The molecule has 2 aromatic heterocycles. The second-order valence-corrected chi connectivity index (χ2v) is 7.92. The Morgan fingerprint density at radius 2 is 1.52 bits per heavy atom. The van der Waals surface area contributed by atoms with Gasteiger partial charge in [-0.3, -0.25) is 14.3 Å². The zero-order valence-corrected chi connectivity index (χ0v) is 17.4. The minimum atomic E-state index is -0.358. The van der Waals surface area contributed by atoms with Crippen molar-refractivity contribution in [3.63, 3.8) is 0 Å². The molecular weight excluding hydrogens is 392 g/mol. The topological polar surface area (TPSA) is 87.1 Å². The molecule has 1 aliphatic rings. The fraction of sp³-hybridized carbons (Fsp3) is 0.304. The van der Waals surface area contributed by atoms with Gasteiger partial charge in [-0.15, -0.1) is 5.10 Å². The zero-order valence-electron chi connectivity index (χ0n) is 17.4. The number of para-hydroxylation sites is 1. The smallest absolute Gasteiger partial charge is 0.328 e. The summed E-state index contributed by atoms with van der Waals surface area (Å²) in [5, 5.41) is 11.6. The number of piperazine rings is 1. The Labute approximate surface area is 178 Å². The second-order valence-electron chi connectivity index (χ2n) is 7.92. The molecule has 0 aliphatic carbocycles. The first-order valence-corrected chi connectivity index (χ1v) is 10.5. The number of anilines is 1. The SMILES string of the molecule is Cc1nnc(N2CCN(CCn3c(=O)[nH]c4ccccc4c3=O)CC2)c2ccccc12. The quantitative estimate of drug-likeness (QED) is 0.546. The Kier molecular flexibility index (Phi) is 4.99. The normalized spacial score (nSPS) is 15.1. The summed E-state index contributed by atoms with van der Waals surface area (Å²) in [4.78, 5) is 32.4. The van der Waals surface area contributed by atoms with Crippen LogP contribution < -0.4 is 16.1 Å². The zero-order chi connectivity index (χ0) is 21.4. The van der Waals surface area contributed by atoms with Crippen molar-refractivity contribution in [3.8, 4) is 0 Å². The van der Waals surface area contributed by atoms with Gasteiger partial charge in [-0.1, -0.05) is 36.4 Å². The molecule has 2 aromatic carbocycles. The molecule has 158 valence electrons. The second kappa shape index (κ2) is 7.96. The van der Waals surface area contributed by atoms with Crippen molar-refractivity contribution < 1.29 is 0 Å². The van der Waals surface area contributed by atoms with Crippen LogP contribution in [0.5, 0.6) is 0 Å². The number of aromatic nitrogens is 4. The van der Waals surface area contributed by atoms with Crippen LogP contribution in [0, 0.1) is 6.92 Å². The van der Waals surface area contributed by atoms with Crippen molar-refractivity contribution in [1.82, 2.24) is 24.6 Å². The van der Waals surface area contributed by atoms with Gasteiger partial charge in [0.15, 0.2) is 5.82 Å². The lowest BCUT2D eigenvalue weighted by molar-refractivity contribution is 0.245. The third-order valence-electron chi connectivity index (χ3n) is 6.05. The molecule has 0 atom stereocenters. The van der Waals surface area contributed by atoms with Crippen LogP contribution in [0.1, 0.15) is 5.69 Å². The van der Waals surface area contributed by atoms with Crippen LogP contribution in [0.3, 0.4) is 0 Å². The predicted octanol–water partition coefficient (Wildman–Crippen LogP) is 1.76. The Balaban J connectivity index is 1.29. The van der Waals surface area contributed by atoms with E-state index >= 15 is 0 Å². The lowest BCUT2D eigenvalue weighted by Gasteiger charge is -2.35. The van der Waals surface area contributed by atoms with Gasteiger partial charge in [0.25, 0.3) is 5.56 Å². The molecule has 8 nitrogen and oxygen atoms in total. The van der Waals surface area contributed by atoms with Gasteiger partial charge in [-0.25, -0.2) is 4.79 Å². The van der Waals surface area contributed by atoms with E-state index in [9.17, 15) is 9.59 Å². The molecule has 1 saturated heterocycles. The maximum absolute atomic E-state index is 12.7. The van der Waals surface area contributed by atoms with Crippen molar-refractivity contribution in [2.45, 2.75) is 13.5 Å². The van der Waals surface area contributed by atoms with Gasteiger partial charge >= 0.3 is 5.69 Å². The van der Waals surface area contributed by atoms with E-state index in [1.54, 1.807) is 12.1 Å². The van der Waals surface area contributed by atoms with Gasteiger partial charge in [0.1, 0.15) is 0 Å². The Morgan fingerprint density at radius 3 is 2.29 bits per heavy atom. The summed E-state index contributed by atoms with van der Waals surface area (Å²) in [7, 11) is 0. The average Bonchev–Trinajstić information content (AvgIpc) is 2.80. The fourth-order valence-electron chi connectivity index (χ4n) is 4.28. The minimum Gasteiger partial charge on any atom is -0.352 e. The van der Waals surface area contributed by atoms with E-state index in [0.717, 1.165) is 48.5 Å². The van der Waals surface area contributed by atoms with Gasteiger partial charge in [0, 0.05) is 50.0 Å². The predicted molar refractivity (Wildman–Crippen MR) is 122 cm³/mol. The summed E-state index contributed by atoms with van der Waals surface area (Å²) in [6.45, 7) is 6.32. The fourth-order valence-corrected chi connectivity index (χ4v) is 4.28. The summed E-state index contributed by atoms with van der Waals surface area (Å²) in [5.74, 6) is 0.919. The molecule has 1 N–H and O–H groups in total. The largest absolute Gasteiger partial charge is 0.352 e. The highest BCUT2D eigenvalue weighted by Crippen LogP contribution is 2.26. The van der Waals surface area contributed by atoms with Gasteiger partial charge in [-0.2, -0.15) is 5.10 Å². The van der Waals surface area contributed by atoms with Crippen LogP contribution in [0.4, 0.5) is 5.82 Å². The van der Waals surface area contributed by atoms with Crippen LogP contribution in [0.2, 0.25) is 0 Å². The van der Waals surface area contributed by atoms with E-state index in [0.29, 0.717) is 24.0 Å². The van der Waals surface area contributed by atoms with E-state index < -0.39 is 0 Å². The third-order valence-corrected chi connectivity index (χ3v) is 6.05. The van der Waals surface area contributed by atoms with E-state index in [4.69, 9.17) is 0 Å². The summed E-state index contributed by atoms with van der Waals surface area (Å²) >= 11 is 0. The average molecular weight is 416 g/mol. The number of hydrogen-bond donors (Lipinski definition) is 1. The molecule has 1 fully saturated rings. The molecule has 0 amide bonds. The first-order valence-electron chi connectivity index (χ1n) is 10.5. The first kappa shape index (κ1) is 19.4. The van der Waals surface area contributed by atoms with Crippen LogP contribution in [-0.4, -0.2) is 57.4 Å². The molecule has 5 rings (SSSR count). The first-order chi connectivity index (χ1) is 15.1. The van der Waals surface area contributed by atoms with Gasteiger partial charge in [0.2, 0.25) is 0 Å². The highest BCUT2D eigenvalue weighted by atomic mass is 16.2. The van der Waals surface area contributed by atoms with E-state index in [-0.39, 0.29) is 11.2 Å². The number of rotatable bonds is 4. The molecule has 4 aromatic rings. The summed E-state index contributed by atoms with van der Waals surface area (Å²) in [6.07, 6.45) is 0. The molecule has 0 unspecified atom stereocenters. The molecular formula is C23H24N6O2. The molecule has 31 heavy (non-hydrogen) atoms. The number of nitrogens with one attached hydrogen (secondary N) is 1. The Bertz CT molecular complexity index is 1370. The lowest BCUT2D eigenvalue weighted by Crippen LogP contribution is -2.48. The van der Waals surface area contributed by atoms with Crippen molar-refractivity contribution in [2.75, 3.05) is 37.6 Å². The third kappa shape index (κ3) is 3.59. The monoisotopic (exact) mass is 416 g/mol. The Hall–Kier alpha value is -3.52. The number of aromatic amines is 1. The van der Waals surface area contributed by atoms with Crippen LogP contribution in [0.25, 0.3) is 21.7 Å². The molecule has 0 saturated carbocycles. The van der Waals surface area contributed by atoms with Gasteiger partial charge in [0.05, 0.1) is 16.6 Å². The van der Waals surface area contributed by atoms with Crippen molar-refractivity contribution in [1.29, 1.82) is 0 Å². The minimum absolute atomic E-state index is 0.237. The number of benzene rings is 2. The van der Waals surface area contributed by atoms with E-state index in [1.807, 2.05) is 31.2 Å². The summed E-state index contributed by atoms with van der Waals surface area (Å²) in [5.41, 5.74) is 0.918. The molecule has 0 spiro atoms. The summed E-state index contributed by atoms with van der Waals surface area (Å²) < 4.78 is 1.30. The van der Waals surface area contributed by atoms with Crippen molar-refractivity contribution >= 4 is 27.5 Å². The highest BCUT2D eigenvalue weighted by Gasteiger charge is 2.21. The van der Waals surface area contributed by atoms with E-state index in [2.05, 4.69) is 37.1 Å². The van der Waals surface area contributed by atoms with Gasteiger partial charge < -0.3 is 9.88 Å². The highest BCUT2D eigenvalue weighted by molar-refractivity contribution is 5.93. The number of fused-ring (bicyclic) bond motifs is 2. The number of hydrogen-bond acceptors (Lipinski definition) is 6. The van der Waals surface area contributed by atoms with E-state index in [1.165, 1.54) is 4.57 Å². The maximum atomic E-state index is 12.7. The summed E-state index contributed by atoms with van der Waals surface area (Å²) in [6, 6.07) is 15.3. The number of aryl methyl sites for hydroxylation is 1. The molecule has 1 aliphatic heterocycles. The Morgan fingerprint density at radius 1 is 0.839 bits per heavy atom. The molecule has 3 heterocycles. The van der Waals surface area contributed by atoms with Gasteiger partial charge in [-0.05, 0) is 19.1 Å². The number of H-pyrrole nitrogens is 1. The van der Waals surface area contributed by atoms with Crippen molar-refractivity contribution in [3.05, 3.63) is 75.1 Å². The molecule has 8 heteroatoms.